The molecule has 0 aromatic heterocycles. The lowest BCUT2D eigenvalue weighted by molar-refractivity contribution is -0.147. The van der Waals surface area contributed by atoms with E-state index in [4.69, 9.17) is 27.2 Å². The SMILES string of the molecule is N[C@@H](CO)C(=O)OCc1ccc(Cl)cc1. The van der Waals surface area contributed by atoms with Crippen LogP contribution >= 0.6 is 11.6 Å². The smallest absolute Gasteiger partial charge is 0.325 e. The van der Waals surface area contributed by atoms with E-state index < -0.39 is 18.6 Å². The van der Waals surface area contributed by atoms with Crippen LogP contribution in [0.1, 0.15) is 5.56 Å². The molecule has 0 saturated carbocycles. The molecule has 0 aliphatic rings. The molecule has 0 bridgehead atoms. The number of rotatable bonds is 4. The van der Waals surface area contributed by atoms with Gasteiger partial charge in [-0.15, -0.1) is 0 Å². The van der Waals surface area contributed by atoms with E-state index in [0.29, 0.717) is 5.02 Å². The Kier molecular flexibility index (Phi) is 4.55. The van der Waals surface area contributed by atoms with Gasteiger partial charge < -0.3 is 15.6 Å². The Morgan fingerprint density at radius 2 is 2.07 bits per heavy atom. The maximum Gasteiger partial charge on any atom is 0.325 e. The van der Waals surface area contributed by atoms with Crippen molar-refractivity contribution >= 4 is 17.6 Å². The number of halogens is 1. The van der Waals surface area contributed by atoms with Gasteiger partial charge in [0.15, 0.2) is 0 Å². The van der Waals surface area contributed by atoms with Crippen molar-refractivity contribution < 1.29 is 14.6 Å². The molecule has 3 N–H and O–H groups in total. The molecule has 0 amide bonds. The van der Waals surface area contributed by atoms with Gasteiger partial charge in [0.05, 0.1) is 6.61 Å². The van der Waals surface area contributed by atoms with Gasteiger partial charge in [0, 0.05) is 5.02 Å². The van der Waals surface area contributed by atoms with Crippen LogP contribution in [-0.4, -0.2) is 23.7 Å². The van der Waals surface area contributed by atoms with Crippen molar-refractivity contribution in [3.63, 3.8) is 0 Å². The predicted octanol–water partition coefficient (Wildman–Crippen LogP) is 0.703. The van der Waals surface area contributed by atoms with Crippen LogP contribution in [0.3, 0.4) is 0 Å². The lowest BCUT2D eigenvalue weighted by Gasteiger charge is -2.08. The average molecular weight is 230 g/mol. The number of benzene rings is 1. The van der Waals surface area contributed by atoms with E-state index in [0.717, 1.165) is 5.56 Å². The molecule has 1 aromatic rings. The second-order valence-electron chi connectivity index (χ2n) is 3.02. The highest BCUT2D eigenvalue weighted by Crippen LogP contribution is 2.10. The van der Waals surface area contributed by atoms with Crippen LogP contribution in [0.15, 0.2) is 24.3 Å². The summed E-state index contributed by atoms with van der Waals surface area (Å²) < 4.78 is 4.85. The molecule has 0 fully saturated rings. The van der Waals surface area contributed by atoms with E-state index in [2.05, 4.69) is 0 Å². The summed E-state index contributed by atoms with van der Waals surface area (Å²) in [6, 6.07) is 5.94. The number of hydrogen-bond donors (Lipinski definition) is 2. The van der Waals surface area contributed by atoms with Gasteiger partial charge in [-0.2, -0.15) is 0 Å². The molecule has 0 radical (unpaired) electrons. The van der Waals surface area contributed by atoms with Crippen LogP contribution in [0.4, 0.5) is 0 Å². The summed E-state index contributed by atoms with van der Waals surface area (Å²) in [5, 5.41) is 9.22. The van der Waals surface area contributed by atoms with Crippen molar-refractivity contribution in [1.29, 1.82) is 0 Å². The van der Waals surface area contributed by atoms with Crippen LogP contribution < -0.4 is 5.73 Å². The predicted molar refractivity (Wildman–Crippen MR) is 56.3 cm³/mol. The number of ether oxygens (including phenoxy) is 1. The van der Waals surface area contributed by atoms with Gasteiger partial charge in [0.1, 0.15) is 12.6 Å². The summed E-state index contributed by atoms with van der Waals surface area (Å²) in [6.07, 6.45) is 0. The van der Waals surface area contributed by atoms with Crippen molar-refractivity contribution in [3.8, 4) is 0 Å². The van der Waals surface area contributed by atoms with Crippen molar-refractivity contribution in [1.82, 2.24) is 0 Å². The van der Waals surface area contributed by atoms with Crippen molar-refractivity contribution in [3.05, 3.63) is 34.9 Å². The van der Waals surface area contributed by atoms with Gasteiger partial charge >= 0.3 is 5.97 Å². The van der Waals surface area contributed by atoms with E-state index in [-0.39, 0.29) is 6.61 Å². The first kappa shape index (κ1) is 12.0. The zero-order valence-electron chi connectivity index (χ0n) is 8.02. The van der Waals surface area contributed by atoms with Gasteiger partial charge in [-0.1, -0.05) is 23.7 Å². The minimum Gasteiger partial charge on any atom is -0.460 e. The van der Waals surface area contributed by atoms with E-state index >= 15 is 0 Å². The number of hydrogen-bond acceptors (Lipinski definition) is 4. The first-order chi connectivity index (χ1) is 7.13. The molecule has 1 rings (SSSR count). The Labute approximate surface area is 92.6 Å². The lowest BCUT2D eigenvalue weighted by Crippen LogP contribution is -2.35. The Morgan fingerprint density at radius 3 is 2.60 bits per heavy atom. The van der Waals surface area contributed by atoms with Gasteiger partial charge in [-0.3, -0.25) is 4.79 Å². The normalized spacial score (nSPS) is 12.2. The minimum atomic E-state index is -0.975. The summed E-state index contributed by atoms with van der Waals surface area (Å²) in [7, 11) is 0. The lowest BCUT2D eigenvalue weighted by atomic mass is 10.2. The summed E-state index contributed by atoms with van der Waals surface area (Å²) in [6.45, 7) is -0.289. The van der Waals surface area contributed by atoms with Crippen molar-refractivity contribution in [2.24, 2.45) is 5.73 Å². The highest BCUT2D eigenvalue weighted by Gasteiger charge is 2.13. The minimum absolute atomic E-state index is 0.129. The van der Waals surface area contributed by atoms with E-state index in [1.165, 1.54) is 0 Å². The molecule has 0 unspecified atom stereocenters. The number of aliphatic hydroxyl groups excluding tert-OH is 1. The summed E-state index contributed by atoms with van der Waals surface area (Å²) in [5.41, 5.74) is 6.08. The van der Waals surface area contributed by atoms with Crippen LogP contribution in [0.5, 0.6) is 0 Å². The molecular weight excluding hydrogens is 218 g/mol. The van der Waals surface area contributed by atoms with Gasteiger partial charge in [-0.25, -0.2) is 0 Å². The van der Waals surface area contributed by atoms with E-state index in [1.807, 2.05) is 0 Å². The molecule has 82 valence electrons. The molecular formula is C10H12ClNO3. The third-order valence-corrected chi connectivity index (χ3v) is 2.05. The monoisotopic (exact) mass is 229 g/mol. The Balaban J connectivity index is 2.43. The Hall–Kier alpha value is -1.10. The first-order valence-corrected chi connectivity index (χ1v) is 4.79. The molecule has 0 saturated heterocycles. The number of carbonyl (C=O) groups is 1. The molecule has 15 heavy (non-hydrogen) atoms. The largest absolute Gasteiger partial charge is 0.460 e. The molecule has 0 heterocycles. The maximum absolute atomic E-state index is 11.1. The third kappa shape index (κ3) is 3.87. The fourth-order valence-electron chi connectivity index (χ4n) is 0.917. The number of nitrogens with two attached hydrogens (primary N) is 1. The summed E-state index contributed by atoms with van der Waals surface area (Å²) >= 11 is 5.69. The Bertz CT molecular complexity index is 326. The summed E-state index contributed by atoms with van der Waals surface area (Å²) in [5.74, 6) is -0.618. The average Bonchev–Trinajstić information content (AvgIpc) is 2.26. The maximum atomic E-state index is 11.1. The van der Waals surface area contributed by atoms with E-state index in [9.17, 15) is 4.79 Å². The second kappa shape index (κ2) is 5.70. The van der Waals surface area contributed by atoms with Gasteiger partial charge in [-0.05, 0) is 17.7 Å². The first-order valence-electron chi connectivity index (χ1n) is 4.41. The zero-order valence-corrected chi connectivity index (χ0v) is 8.78. The van der Waals surface area contributed by atoms with Crippen LogP contribution in [0.25, 0.3) is 0 Å². The number of esters is 1. The Morgan fingerprint density at radius 1 is 1.47 bits per heavy atom. The highest BCUT2D eigenvalue weighted by molar-refractivity contribution is 6.30. The molecule has 0 aliphatic heterocycles. The fourth-order valence-corrected chi connectivity index (χ4v) is 1.04. The van der Waals surface area contributed by atoms with Gasteiger partial charge in [0.2, 0.25) is 0 Å². The molecule has 0 aliphatic carbocycles. The van der Waals surface area contributed by atoms with Crippen molar-refractivity contribution in [2.45, 2.75) is 12.6 Å². The standard InChI is InChI=1S/C10H12ClNO3/c11-8-3-1-7(2-4-8)6-15-10(14)9(12)5-13/h1-4,9,13H,5-6,12H2/t9-/m0/s1. The molecule has 4 nitrogen and oxygen atoms in total. The third-order valence-electron chi connectivity index (χ3n) is 1.79. The zero-order chi connectivity index (χ0) is 11.3. The second-order valence-corrected chi connectivity index (χ2v) is 3.46. The van der Waals surface area contributed by atoms with Crippen LogP contribution in [0, 0.1) is 0 Å². The molecule has 1 aromatic carbocycles. The molecule has 1 atom stereocenters. The van der Waals surface area contributed by atoms with Crippen LogP contribution in [-0.2, 0) is 16.1 Å². The van der Waals surface area contributed by atoms with Crippen LogP contribution in [0.2, 0.25) is 5.02 Å². The van der Waals surface area contributed by atoms with Gasteiger partial charge in [0.25, 0.3) is 0 Å². The number of carbonyl (C=O) groups excluding carboxylic acids is 1. The highest BCUT2D eigenvalue weighted by atomic mass is 35.5. The quantitative estimate of drug-likeness (QED) is 0.746. The summed E-state index contributed by atoms with van der Waals surface area (Å²) in [4.78, 5) is 11.1. The molecule has 5 heteroatoms. The number of aliphatic hydroxyl groups is 1. The molecule has 0 spiro atoms. The topological polar surface area (TPSA) is 72.5 Å². The van der Waals surface area contributed by atoms with Crippen molar-refractivity contribution in [2.75, 3.05) is 6.61 Å². The fraction of sp³-hybridized carbons (Fsp3) is 0.300. The van der Waals surface area contributed by atoms with E-state index in [1.54, 1.807) is 24.3 Å².